The summed E-state index contributed by atoms with van der Waals surface area (Å²) in [5.74, 6) is -5.09. The van der Waals surface area contributed by atoms with E-state index in [1.165, 1.54) is 0 Å². The topological polar surface area (TPSA) is 67.4 Å². The fraction of sp³-hybridized carbons (Fsp3) is 0.263. The van der Waals surface area contributed by atoms with Gasteiger partial charge in [0, 0.05) is 11.4 Å². The maximum absolute atomic E-state index is 13.5. The average molecular weight is 415 g/mol. The highest BCUT2D eigenvalue weighted by atomic mass is 35.5. The molecule has 2 rings (SSSR count). The van der Waals surface area contributed by atoms with Crippen LogP contribution < -0.4 is 15.4 Å². The molecule has 5 nitrogen and oxygen atoms in total. The molecule has 0 radical (unpaired) electrons. The van der Waals surface area contributed by atoms with Gasteiger partial charge in [0.2, 0.25) is 11.8 Å². The lowest BCUT2D eigenvalue weighted by Crippen LogP contribution is -2.33. The van der Waals surface area contributed by atoms with Gasteiger partial charge in [-0.25, -0.2) is 13.2 Å². The second-order valence-electron chi connectivity index (χ2n) is 5.91. The highest BCUT2D eigenvalue weighted by Crippen LogP contribution is 2.21. The molecule has 0 fully saturated rings. The number of hydrogen-bond donors (Lipinski definition) is 2. The monoisotopic (exact) mass is 414 g/mol. The summed E-state index contributed by atoms with van der Waals surface area (Å²) < 4.78 is 44.9. The quantitative estimate of drug-likeness (QED) is 0.507. The van der Waals surface area contributed by atoms with Crippen molar-refractivity contribution < 1.29 is 27.5 Å². The smallest absolute Gasteiger partial charge is 0.243 e. The van der Waals surface area contributed by atoms with Crippen LogP contribution in [-0.2, 0) is 9.59 Å². The van der Waals surface area contributed by atoms with Crippen molar-refractivity contribution in [1.29, 1.82) is 0 Å². The molecule has 0 aromatic heterocycles. The molecule has 2 aromatic rings. The van der Waals surface area contributed by atoms with E-state index >= 15 is 0 Å². The highest BCUT2D eigenvalue weighted by Gasteiger charge is 2.15. The van der Waals surface area contributed by atoms with Gasteiger partial charge in [-0.15, -0.1) is 0 Å². The number of amides is 2. The Labute approximate surface area is 164 Å². The summed E-state index contributed by atoms with van der Waals surface area (Å²) in [4.78, 5) is 23.4. The Morgan fingerprint density at radius 3 is 2.54 bits per heavy atom. The highest BCUT2D eigenvalue weighted by molar-refractivity contribution is 6.31. The summed E-state index contributed by atoms with van der Waals surface area (Å²) in [7, 11) is 0. The molecule has 0 heterocycles. The Balaban J connectivity index is 1.68. The van der Waals surface area contributed by atoms with Crippen molar-refractivity contribution >= 4 is 29.1 Å². The second kappa shape index (κ2) is 9.98. The van der Waals surface area contributed by atoms with Crippen LogP contribution in [0, 0.1) is 24.4 Å². The normalized spacial score (nSPS) is 10.5. The van der Waals surface area contributed by atoms with Gasteiger partial charge in [-0.1, -0.05) is 11.6 Å². The maximum Gasteiger partial charge on any atom is 0.243 e. The maximum atomic E-state index is 13.5. The van der Waals surface area contributed by atoms with Crippen LogP contribution in [0.4, 0.5) is 18.9 Å². The minimum atomic E-state index is -1.68. The molecule has 2 aromatic carbocycles. The Bertz CT molecular complexity index is 878. The number of halogens is 4. The van der Waals surface area contributed by atoms with Crippen molar-refractivity contribution in [2.45, 2.75) is 19.8 Å². The number of benzene rings is 2. The fourth-order valence-electron chi connectivity index (χ4n) is 2.21. The van der Waals surface area contributed by atoms with Gasteiger partial charge in [-0.3, -0.25) is 9.59 Å². The van der Waals surface area contributed by atoms with Crippen molar-refractivity contribution in [3.63, 3.8) is 0 Å². The van der Waals surface area contributed by atoms with Crippen molar-refractivity contribution in [2.75, 3.05) is 18.5 Å². The first-order chi connectivity index (χ1) is 13.3. The Morgan fingerprint density at radius 2 is 1.82 bits per heavy atom. The van der Waals surface area contributed by atoms with E-state index in [9.17, 15) is 22.8 Å². The molecule has 0 atom stereocenters. The first-order valence-electron chi connectivity index (χ1n) is 8.37. The summed E-state index contributed by atoms with van der Waals surface area (Å²) in [6.45, 7) is 1.70. The van der Waals surface area contributed by atoms with Gasteiger partial charge in [0.15, 0.2) is 17.5 Å². The van der Waals surface area contributed by atoms with Gasteiger partial charge in [0.25, 0.3) is 0 Å². The van der Waals surface area contributed by atoms with Crippen LogP contribution in [0.25, 0.3) is 0 Å². The summed E-state index contributed by atoms with van der Waals surface area (Å²) in [6, 6.07) is 6.80. The van der Waals surface area contributed by atoms with E-state index < -0.39 is 41.5 Å². The van der Waals surface area contributed by atoms with Crippen LogP contribution in [0.1, 0.15) is 18.4 Å². The standard InChI is InChI=1S/C19H18ClF3N2O3/c1-11-9-12(4-5-13(11)20)28-8-2-3-16(26)24-10-17(27)25-15-7-6-14(21)18(22)19(15)23/h4-7,9H,2-3,8,10H2,1H3,(H,24,26)(H,25,27). The molecule has 0 bridgehead atoms. The molecule has 150 valence electrons. The lowest BCUT2D eigenvalue weighted by atomic mass is 10.2. The average Bonchev–Trinajstić information content (AvgIpc) is 2.67. The van der Waals surface area contributed by atoms with Crippen LogP contribution >= 0.6 is 11.6 Å². The number of hydrogen-bond acceptors (Lipinski definition) is 3. The third-order valence-electron chi connectivity index (χ3n) is 3.70. The molecule has 2 amide bonds. The number of anilines is 1. The Kier molecular flexibility index (Phi) is 7.69. The van der Waals surface area contributed by atoms with Gasteiger partial charge < -0.3 is 15.4 Å². The van der Waals surface area contributed by atoms with E-state index in [0.29, 0.717) is 29.9 Å². The van der Waals surface area contributed by atoms with Crippen molar-refractivity contribution in [3.8, 4) is 5.75 Å². The Morgan fingerprint density at radius 1 is 1.07 bits per heavy atom. The fourth-order valence-corrected chi connectivity index (χ4v) is 2.33. The van der Waals surface area contributed by atoms with E-state index in [0.717, 1.165) is 11.6 Å². The lowest BCUT2D eigenvalue weighted by Gasteiger charge is -2.09. The van der Waals surface area contributed by atoms with Crippen LogP contribution in [0.2, 0.25) is 5.02 Å². The van der Waals surface area contributed by atoms with E-state index in [-0.39, 0.29) is 6.42 Å². The van der Waals surface area contributed by atoms with Crippen LogP contribution in [0.15, 0.2) is 30.3 Å². The molecule has 0 saturated heterocycles. The van der Waals surface area contributed by atoms with E-state index in [1.54, 1.807) is 18.2 Å². The molecular weight excluding hydrogens is 397 g/mol. The molecule has 0 unspecified atom stereocenters. The third-order valence-corrected chi connectivity index (χ3v) is 4.13. The minimum Gasteiger partial charge on any atom is -0.494 e. The van der Waals surface area contributed by atoms with Crippen molar-refractivity contribution in [1.82, 2.24) is 5.32 Å². The van der Waals surface area contributed by atoms with Crippen molar-refractivity contribution in [2.24, 2.45) is 0 Å². The summed E-state index contributed by atoms with van der Waals surface area (Å²) in [5.41, 5.74) is 0.366. The predicted molar refractivity (Wildman–Crippen MR) is 98.9 cm³/mol. The SMILES string of the molecule is Cc1cc(OCCCC(=O)NCC(=O)Nc2ccc(F)c(F)c2F)ccc1Cl. The first-order valence-corrected chi connectivity index (χ1v) is 8.74. The van der Waals surface area contributed by atoms with Gasteiger partial charge in [0.1, 0.15) is 5.75 Å². The van der Waals surface area contributed by atoms with E-state index in [4.69, 9.17) is 16.3 Å². The largest absolute Gasteiger partial charge is 0.494 e. The van der Waals surface area contributed by atoms with Gasteiger partial charge >= 0.3 is 0 Å². The van der Waals surface area contributed by atoms with Crippen LogP contribution in [-0.4, -0.2) is 25.0 Å². The van der Waals surface area contributed by atoms with E-state index in [2.05, 4.69) is 10.6 Å². The van der Waals surface area contributed by atoms with Gasteiger partial charge in [-0.05, 0) is 49.2 Å². The third kappa shape index (κ3) is 6.16. The van der Waals surface area contributed by atoms with Crippen LogP contribution in [0.5, 0.6) is 5.75 Å². The number of rotatable bonds is 8. The first kappa shape index (κ1) is 21.6. The number of aryl methyl sites for hydroxylation is 1. The molecule has 0 saturated carbocycles. The summed E-state index contributed by atoms with van der Waals surface area (Å²) in [5, 5.41) is 5.04. The molecular formula is C19H18ClF3N2O3. The summed E-state index contributed by atoms with van der Waals surface area (Å²) in [6.07, 6.45) is 0.520. The second-order valence-corrected chi connectivity index (χ2v) is 6.32. The number of ether oxygens (including phenoxy) is 1. The molecule has 2 N–H and O–H groups in total. The van der Waals surface area contributed by atoms with Gasteiger partial charge in [0.05, 0.1) is 18.8 Å². The number of carbonyl (C=O) groups excluding carboxylic acids is 2. The lowest BCUT2D eigenvalue weighted by molar-refractivity contribution is -0.124. The zero-order chi connectivity index (χ0) is 20.7. The molecule has 9 heteroatoms. The summed E-state index contributed by atoms with van der Waals surface area (Å²) >= 11 is 5.92. The molecule has 0 spiro atoms. The zero-order valence-electron chi connectivity index (χ0n) is 15.0. The number of nitrogens with one attached hydrogen (secondary N) is 2. The molecule has 0 aliphatic rings. The molecule has 0 aliphatic carbocycles. The molecule has 28 heavy (non-hydrogen) atoms. The molecule has 0 aliphatic heterocycles. The minimum absolute atomic E-state index is 0.111. The van der Waals surface area contributed by atoms with Crippen molar-refractivity contribution in [3.05, 3.63) is 58.4 Å². The van der Waals surface area contributed by atoms with Gasteiger partial charge in [-0.2, -0.15) is 0 Å². The van der Waals surface area contributed by atoms with Crippen LogP contribution in [0.3, 0.4) is 0 Å². The zero-order valence-corrected chi connectivity index (χ0v) is 15.7. The van der Waals surface area contributed by atoms with E-state index in [1.807, 2.05) is 6.92 Å². The number of carbonyl (C=O) groups is 2. The Hall–Kier alpha value is -2.74. The predicted octanol–water partition coefficient (Wildman–Crippen LogP) is 3.98.